The van der Waals surface area contributed by atoms with Gasteiger partial charge in [-0.05, 0) is 30.3 Å². The summed E-state index contributed by atoms with van der Waals surface area (Å²) in [7, 11) is -2.33. The number of nitrogens with two attached hydrogens (primary N) is 1. The average molecular weight is 287 g/mol. The van der Waals surface area contributed by atoms with E-state index in [0.717, 1.165) is 4.31 Å². The monoisotopic (exact) mass is 287 g/mol. The normalized spacial score (nSPS) is 10.8. The van der Waals surface area contributed by atoms with E-state index >= 15 is 0 Å². The fraction of sp³-hybridized carbons (Fsp3) is 0.0714. The van der Waals surface area contributed by atoms with E-state index in [9.17, 15) is 8.42 Å². The summed E-state index contributed by atoms with van der Waals surface area (Å²) < 4.78 is 26.1. The number of benzene rings is 2. The minimum Gasteiger partial charge on any atom is -0.399 e. The Kier molecular flexibility index (Phi) is 3.63. The highest BCUT2D eigenvalue weighted by atomic mass is 32.2. The number of hydrogen-bond acceptors (Lipinski definition) is 4. The molecule has 0 atom stereocenters. The van der Waals surface area contributed by atoms with E-state index in [1.807, 2.05) is 6.07 Å². The molecule has 0 fully saturated rings. The third-order valence-electron chi connectivity index (χ3n) is 2.88. The van der Waals surface area contributed by atoms with Crippen molar-refractivity contribution in [3.05, 3.63) is 54.1 Å². The molecule has 0 bridgehead atoms. The minimum atomic E-state index is -3.74. The average Bonchev–Trinajstić information content (AvgIpc) is 2.46. The van der Waals surface area contributed by atoms with Gasteiger partial charge in [-0.2, -0.15) is 5.26 Å². The van der Waals surface area contributed by atoms with Crippen LogP contribution in [0.5, 0.6) is 0 Å². The summed E-state index contributed by atoms with van der Waals surface area (Å²) in [5, 5.41) is 9.06. The predicted octanol–water partition coefficient (Wildman–Crippen LogP) is 1.97. The van der Waals surface area contributed by atoms with Gasteiger partial charge in [0.15, 0.2) is 0 Å². The summed E-state index contributed by atoms with van der Waals surface area (Å²) in [5.41, 5.74) is 6.61. The molecule has 2 rings (SSSR count). The quantitative estimate of drug-likeness (QED) is 0.874. The van der Waals surface area contributed by atoms with Crippen LogP contribution >= 0.6 is 0 Å². The highest BCUT2D eigenvalue weighted by Gasteiger charge is 2.23. The molecule has 0 saturated carbocycles. The van der Waals surface area contributed by atoms with Gasteiger partial charge in [-0.1, -0.05) is 18.2 Å². The predicted molar refractivity (Wildman–Crippen MR) is 77.6 cm³/mol. The lowest BCUT2D eigenvalue weighted by molar-refractivity contribution is 0.594. The Morgan fingerprint density at radius 2 is 1.85 bits per heavy atom. The molecular formula is C14H13N3O2S. The Bertz CT molecular complexity index is 779. The maximum atomic E-state index is 12.5. The lowest BCUT2D eigenvalue weighted by Crippen LogP contribution is -2.27. The van der Waals surface area contributed by atoms with Crippen LogP contribution in [-0.4, -0.2) is 15.5 Å². The molecule has 5 nitrogen and oxygen atoms in total. The fourth-order valence-corrected chi connectivity index (χ4v) is 3.08. The van der Waals surface area contributed by atoms with E-state index in [1.165, 1.54) is 19.2 Å². The van der Waals surface area contributed by atoms with Crippen molar-refractivity contribution in [2.45, 2.75) is 4.90 Å². The summed E-state index contributed by atoms with van der Waals surface area (Å²) in [6.45, 7) is 0. The molecule has 20 heavy (non-hydrogen) atoms. The van der Waals surface area contributed by atoms with Crippen molar-refractivity contribution >= 4 is 21.4 Å². The van der Waals surface area contributed by atoms with Crippen molar-refractivity contribution in [1.82, 2.24) is 0 Å². The van der Waals surface area contributed by atoms with Gasteiger partial charge in [0, 0.05) is 12.7 Å². The molecule has 102 valence electrons. The number of nitriles is 1. The Labute approximate surface area is 117 Å². The van der Waals surface area contributed by atoms with Crippen molar-refractivity contribution in [2.24, 2.45) is 0 Å². The summed E-state index contributed by atoms with van der Waals surface area (Å²) in [6, 6.07) is 14.6. The number of rotatable bonds is 3. The minimum absolute atomic E-state index is 0.0905. The van der Waals surface area contributed by atoms with Crippen LogP contribution in [0.1, 0.15) is 5.56 Å². The second kappa shape index (κ2) is 5.23. The lowest BCUT2D eigenvalue weighted by Gasteiger charge is -2.20. The molecule has 0 aliphatic rings. The van der Waals surface area contributed by atoms with Crippen LogP contribution in [0, 0.1) is 11.3 Å². The maximum absolute atomic E-state index is 12.5. The number of hydrogen-bond donors (Lipinski definition) is 1. The highest BCUT2D eigenvalue weighted by molar-refractivity contribution is 7.92. The molecular weight excluding hydrogens is 274 g/mol. The Hall–Kier alpha value is -2.52. The van der Waals surface area contributed by atoms with E-state index in [-0.39, 0.29) is 4.90 Å². The molecule has 0 aromatic heterocycles. The molecule has 0 spiro atoms. The third-order valence-corrected chi connectivity index (χ3v) is 4.65. The molecule has 0 radical (unpaired) electrons. The first-order valence-electron chi connectivity index (χ1n) is 5.80. The first-order chi connectivity index (χ1) is 9.46. The summed E-state index contributed by atoms with van der Waals surface area (Å²) in [6.07, 6.45) is 0. The van der Waals surface area contributed by atoms with E-state index in [1.54, 1.807) is 36.4 Å². The second-order valence-electron chi connectivity index (χ2n) is 4.17. The number of nitrogen functional groups attached to an aromatic ring is 1. The first kappa shape index (κ1) is 13.9. The molecule has 0 aliphatic carbocycles. The Balaban J connectivity index is 2.52. The zero-order valence-electron chi connectivity index (χ0n) is 10.8. The van der Waals surface area contributed by atoms with Gasteiger partial charge < -0.3 is 5.73 Å². The van der Waals surface area contributed by atoms with Crippen LogP contribution in [0.3, 0.4) is 0 Å². The van der Waals surface area contributed by atoms with Crippen molar-refractivity contribution in [3.63, 3.8) is 0 Å². The molecule has 0 unspecified atom stereocenters. The van der Waals surface area contributed by atoms with Crippen LogP contribution in [0.25, 0.3) is 0 Å². The molecule has 0 heterocycles. The topological polar surface area (TPSA) is 87.2 Å². The third kappa shape index (κ3) is 2.44. The molecule has 0 amide bonds. The number of sulfonamides is 1. The van der Waals surface area contributed by atoms with Gasteiger partial charge >= 0.3 is 0 Å². The molecule has 2 aromatic rings. The van der Waals surface area contributed by atoms with Crippen LogP contribution in [0.15, 0.2) is 53.4 Å². The van der Waals surface area contributed by atoms with Crippen molar-refractivity contribution in [1.29, 1.82) is 5.26 Å². The van der Waals surface area contributed by atoms with Gasteiger partial charge in [0.2, 0.25) is 0 Å². The standard InChI is InChI=1S/C14H13N3O2S/c1-17(14-8-3-2-5-11(14)10-15)20(18,19)13-7-4-6-12(16)9-13/h2-9H,16H2,1H3. The maximum Gasteiger partial charge on any atom is 0.264 e. The van der Waals surface area contributed by atoms with E-state index in [2.05, 4.69) is 0 Å². The summed E-state index contributed by atoms with van der Waals surface area (Å²) in [4.78, 5) is 0.0905. The number of anilines is 2. The van der Waals surface area contributed by atoms with Crippen molar-refractivity contribution < 1.29 is 8.42 Å². The SMILES string of the molecule is CN(c1ccccc1C#N)S(=O)(=O)c1cccc(N)c1. The van der Waals surface area contributed by atoms with Crippen molar-refractivity contribution in [3.8, 4) is 6.07 Å². The molecule has 2 aromatic carbocycles. The number of para-hydroxylation sites is 1. The van der Waals surface area contributed by atoms with E-state index < -0.39 is 10.0 Å². The van der Waals surface area contributed by atoms with Crippen molar-refractivity contribution in [2.75, 3.05) is 17.1 Å². The second-order valence-corrected chi connectivity index (χ2v) is 6.14. The van der Waals surface area contributed by atoms with Gasteiger partial charge in [-0.25, -0.2) is 8.42 Å². The Morgan fingerprint density at radius 1 is 1.15 bits per heavy atom. The van der Waals surface area contributed by atoms with E-state index in [4.69, 9.17) is 11.0 Å². The molecule has 0 saturated heterocycles. The fourth-order valence-electron chi connectivity index (χ4n) is 1.81. The Morgan fingerprint density at radius 3 is 2.50 bits per heavy atom. The summed E-state index contributed by atoms with van der Waals surface area (Å²) >= 11 is 0. The van der Waals surface area contributed by atoms with Gasteiger partial charge in [-0.15, -0.1) is 0 Å². The van der Waals surface area contributed by atoms with Gasteiger partial charge in [0.25, 0.3) is 10.0 Å². The largest absolute Gasteiger partial charge is 0.399 e. The summed E-state index contributed by atoms with van der Waals surface area (Å²) in [5.74, 6) is 0. The molecule has 0 aliphatic heterocycles. The van der Waals surface area contributed by atoms with E-state index in [0.29, 0.717) is 16.9 Å². The lowest BCUT2D eigenvalue weighted by atomic mass is 10.2. The van der Waals surface area contributed by atoms with Gasteiger partial charge in [-0.3, -0.25) is 4.31 Å². The van der Waals surface area contributed by atoms with Gasteiger partial charge in [0.05, 0.1) is 16.1 Å². The molecule has 2 N–H and O–H groups in total. The van der Waals surface area contributed by atoms with Crippen LogP contribution in [-0.2, 0) is 10.0 Å². The number of nitrogens with zero attached hydrogens (tertiary/aromatic N) is 2. The van der Waals surface area contributed by atoms with Crippen LogP contribution in [0.4, 0.5) is 11.4 Å². The zero-order chi connectivity index (χ0) is 14.8. The van der Waals surface area contributed by atoms with Gasteiger partial charge in [0.1, 0.15) is 6.07 Å². The van der Waals surface area contributed by atoms with Crippen LogP contribution < -0.4 is 10.0 Å². The van der Waals surface area contributed by atoms with Crippen LogP contribution in [0.2, 0.25) is 0 Å². The first-order valence-corrected chi connectivity index (χ1v) is 7.24. The smallest absolute Gasteiger partial charge is 0.264 e. The zero-order valence-corrected chi connectivity index (χ0v) is 11.6. The molecule has 6 heteroatoms. The highest BCUT2D eigenvalue weighted by Crippen LogP contribution is 2.25.